The van der Waals surface area contributed by atoms with E-state index in [9.17, 15) is 5.11 Å². The van der Waals surface area contributed by atoms with Gasteiger partial charge >= 0.3 is 0 Å². The molecule has 1 aliphatic rings. The van der Waals surface area contributed by atoms with E-state index in [1.165, 1.54) is 0 Å². The van der Waals surface area contributed by atoms with E-state index in [0.717, 1.165) is 12.8 Å². The first kappa shape index (κ1) is 7.03. The zero-order chi connectivity index (χ0) is 6.91. The maximum atomic E-state index is 9.45. The molecule has 0 spiro atoms. The predicted octanol–water partition coefficient (Wildman–Crippen LogP) is 0.794. The van der Waals surface area contributed by atoms with Crippen LogP contribution >= 0.6 is 0 Å². The minimum atomic E-state index is -0.365. The van der Waals surface area contributed by atoms with Crippen LogP contribution in [0.5, 0.6) is 0 Å². The highest BCUT2D eigenvalue weighted by molar-refractivity contribution is 5.00. The molecule has 1 saturated carbocycles. The molecule has 0 aromatic rings. The zero-order valence-corrected chi connectivity index (χ0v) is 6.05. The van der Waals surface area contributed by atoms with Crippen molar-refractivity contribution >= 4 is 0 Å². The Bertz CT molecular complexity index is 103. The van der Waals surface area contributed by atoms with Crippen LogP contribution in [-0.4, -0.2) is 24.4 Å². The topological polar surface area (TPSA) is 29.5 Å². The van der Waals surface area contributed by atoms with Gasteiger partial charge in [-0.2, -0.15) is 0 Å². The van der Waals surface area contributed by atoms with Crippen molar-refractivity contribution in [3.8, 4) is 0 Å². The molecule has 0 aromatic heterocycles. The Morgan fingerprint density at radius 2 is 2.33 bits per heavy atom. The van der Waals surface area contributed by atoms with Gasteiger partial charge in [-0.25, -0.2) is 0 Å². The van der Waals surface area contributed by atoms with E-state index in [0.29, 0.717) is 12.5 Å². The van der Waals surface area contributed by atoms with Crippen LogP contribution in [0.15, 0.2) is 0 Å². The second kappa shape index (κ2) is 2.27. The molecule has 2 unspecified atom stereocenters. The molecule has 9 heavy (non-hydrogen) atoms. The van der Waals surface area contributed by atoms with Gasteiger partial charge in [0.25, 0.3) is 0 Å². The number of hydrogen-bond donors (Lipinski definition) is 1. The van der Waals surface area contributed by atoms with Gasteiger partial charge in [0, 0.05) is 13.7 Å². The fraction of sp³-hybridized carbons (Fsp3) is 1.00. The lowest BCUT2D eigenvalue weighted by molar-refractivity contribution is 0.0817. The minimum Gasteiger partial charge on any atom is -0.390 e. The van der Waals surface area contributed by atoms with Crippen LogP contribution < -0.4 is 0 Å². The molecule has 2 heteroatoms. The highest BCUT2D eigenvalue weighted by Crippen LogP contribution is 2.45. The van der Waals surface area contributed by atoms with Gasteiger partial charge in [-0.3, -0.25) is 0 Å². The second-order valence-corrected chi connectivity index (χ2v) is 2.95. The van der Waals surface area contributed by atoms with E-state index in [4.69, 9.17) is 4.74 Å². The van der Waals surface area contributed by atoms with E-state index < -0.39 is 0 Å². The van der Waals surface area contributed by atoms with Crippen molar-refractivity contribution < 1.29 is 9.84 Å². The third-order valence-corrected chi connectivity index (χ3v) is 2.16. The highest BCUT2D eigenvalue weighted by atomic mass is 16.5. The summed E-state index contributed by atoms with van der Waals surface area (Å²) in [5.41, 5.74) is -0.365. The predicted molar refractivity (Wildman–Crippen MR) is 35.2 cm³/mol. The fourth-order valence-corrected chi connectivity index (χ4v) is 1.10. The Labute approximate surface area is 55.8 Å². The molecule has 2 nitrogen and oxygen atoms in total. The van der Waals surface area contributed by atoms with Gasteiger partial charge < -0.3 is 9.84 Å². The third kappa shape index (κ3) is 1.43. The summed E-state index contributed by atoms with van der Waals surface area (Å²) >= 11 is 0. The van der Waals surface area contributed by atoms with Crippen molar-refractivity contribution in [3.05, 3.63) is 0 Å². The van der Waals surface area contributed by atoms with Crippen molar-refractivity contribution in [2.24, 2.45) is 5.92 Å². The van der Waals surface area contributed by atoms with Crippen molar-refractivity contribution in [2.45, 2.75) is 25.4 Å². The lowest BCUT2D eigenvalue weighted by atomic mass is 10.2. The Balaban J connectivity index is 2.13. The summed E-state index contributed by atoms with van der Waals surface area (Å²) in [6.07, 6.45) is 1.75. The van der Waals surface area contributed by atoms with Gasteiger partial charge in [0.15, 0.2) is 0 Å². The third-order valence-electron chi connectivity index (χ3n) is 2.16. The van der Waals surface area contributed by atoms with Gasteiger partial charge in [0.1, 0.15) is 0 Å². The van der Waals surface area contributed by atoms with E-state index in [-0.39, 0.29) is 5.60 Å². The molecule has 0 aliphatic heterocycles. The maximum absolute atomic E-state index is 9.45. The van der Waals surface area contributed by atoms with Gasteiger partial charge in [-0.05, 0) is 18.8 Å². The maximum Gasteiger partial charge on any atom is 0.0699 e. The van der Waals surface area contributed by atoms with Gasteiger partial charge in [-0.15, -0.1) is 0 Å². The van der Waals surface area contributed by atoms with Gasteiger partial charge in [-0.1, -0.05) is 6.92 Å². The summed E-state index contributed by atoms with van der Waals surface area (Å²) in [5, 5.41) is 9.45. The summed E-state index contributed by atoms with van der Waals surface area (Å²) in [7, 11) is 1.66. The minimum absolute atomic E-state index is 0.365. The summed E-state index contributed by atoms with van der Waals surface area (Å²) < 4.78 is 4.85. The van der Waals surface area contributed by atoms with Crippen LogP contribution in [0.3, 0.4) is 0 Å². The molecule has 1 aliphatic carbocycles. The van der Waals surface area contributed by atoms with Gasteiger partial charge in [0.05, 0.1) is 5.60 Å². The van der Waals surface area contributed by atoms with Crippen LogP contribution in [0.4, 0.5) is 0 Å². The normalized spacial score (nSPS) is 41.0. The SMILES string of the molecule is COCCC1(O)CC1C. The summed E-state index contributed by atoms with van der Waals surface area (Å²) in [6.45, 7) is 2.75. The van der Waals surface area contributed by atoms with Crippen LogP contribution in [-0.2, 0) is 4.74 Å². The van der Waals surface area contributed by atoms with Crippen molar-refractivity contribution in [1.29, 1.82) is 0 Å². The number of aliphatic hydroxyl groups is 1. The first-order chi connectivity index (χ1) is 4.19. The zero-order valence-electron chi connectivity index (χ0n) is 6.05. The average Bonchev–Trinajstić information content (AvgIpc) is 2.38. The Morgan fingerprint density at radius 1 is 1.78 bits per heavy atom. The van der Waals surface area contributed by atoms with Crippen LogP contribution in [0, 0.1) is 5.92 Å². The molecule has 1 fully saturated rings. The number of ether oxygens (including phenoxy) is 1. The molecule has 1 rings (SSSR count). The molecule has 0 heterocycles. The van der Waals surface area contributed by atoms with E-state index in [2.05, 4.69) is 6.92 Å². The lowest BCUT2D eigenvalue weighted by Crippen LogP contribution is -2.12. The molecular formula is C7H14O2. The largest absolute Gasteiger partial charge is 0.390 e. The average molecular weight is 130 g/mol. The number of rotatable bonds is 3. The first-order valence-electron chi connectivity index (χ1n) is 3.40. The second-order valence-electron chi connectivity index (χ2n) is 2.95. The Hall–Kier alpha value is -0.0800. The quantitative estimate of drug-likeness (QED) is 0.612. The monoisotopic (exact) mass is 130 g/mol. The van der Waals surface area contributed by atoms with Crippen LogP contribution in [0.1, 0.15) is 19.8 Å². The molecule has 0 radical (unpaired) electrons. The van der Waals surface area contributed by atoms with E-state index in [1.807, 2.05) is 0 Å². The van der Waals surface area contributed by atoms with Crippen molar-refractivity contribution in [1.82, 2.24) is 0 Å². The Kier molecular flexibility index (Phi) is 1.78. The molecule has 0 bridgehead atoms. The summed E-state index contributed by atoms with van der Waals surface area (Å²) in [5.74, 6) is 0.493. The molecule has 0 aromatic carbocycles. The molecule has 54 valence electrons. The lowest BCUT2D eigenvalue weighted by Gasteiger charge is -2.06. The van der Waals surface area contributed by atoms with E-state index >= 15 is 0 Å². The van der Waals surface area contributed by atoms with Crippen LogP contribution in [0.25, 0.3) is 0 Å². The molecule has 2 atom stereocenters. The molecule has 0 saturated heterocycles. The number of methoxy groups -OCH3 is 1. The smallest absolute Gasteiger partial charge is 0.0699 e. The molecule has 1 N–H and O–H groups in total. The Morgan fingerprint density at radius 3 is 2.67 bits per heavy atom. The van der Waals surface area contributed by atoms with Gasteiger partial charge in [0.2, 0.25) is 0 Å². The standard InChI is InChI=1S/C7H14O2/c1-6-5-7(6,8)3-4-9-2/h6,8H,3-5H2,1-2H3. The summed E-state index contributed by atoms with van der Waals surface area (Å²) in [6, 6.07) is 0. The first-order valence-corrected chi connectivity index (χ1v) is 3.40. The van der Waals surface area contributed by atoms with E-state index in [1.54, 1.807) is 7.11 Å². The van der Waals surface area contributed by atoms with Crippen molar-refractivity contribution in [3.63, 3.8) is 0 Å². The van der Waals surface area contributed by atoms with Crippen LogP contribution in [0.2, 0.25) is 0 Å². The summed E-state index contributed by atoms with van der Waals surface area (Å²) in [4.78, 5) is 0. The number of hydrogen-bond acceptors (Lipinski definition) is 2. The highest BCUT2D eigenvalue weighted by Gasteiger charge is 2.48. The molecule has 0 amide bonds. The molecular weight excluding hydrogens is 116 g/mol. The fourth-order valence-electron chi connectivity index (χ4n) is 1.10. The van der Waals surface area contributed by atoms with Crippen molar-refractivity contribution in [2.75, 3.05) is 13.7 Å².